The summed E-state index contributed by atoms with van der Waals surface area (Å²) in [4.78, 5) is 26.4. The van der Waals surface area contributed by atoms with Crippen molar-refractivity contribution >= 4 is 17.7 Å². The number of anilines is 1. The van der Waals surface area contributed by atoms with Gasteiger partial charge in [0, 0.05) is 18.8 Å². The highest BCUT2D eigenvalue weighted by molar-refractivity contribution is 5.94. The molecule has 1 atom stereocenters. The average molecular weight is 344 g/mol. The maximum atomic E-state index is 12.7. The molecule has 1 fully saturated rings. The summed E-state index contributed by atoms with van der Waals surface area (Å²) >= 11 is 0. The summed E-state index contributed by atoms with van der Waals surface area (Å²) in [7, 11) is 0. The maximum Gasteiger partial charge on any atom is 0.410 e. The third-order valence-corrected chi connectivity index (χ3v) is 4.86. The van der Waals surface area contributed by atoms with Gasteiger partial charge in [0.25, 0.3) is 0 Å². The Morgan fingerprint density at radius 2 is 1.96 bits per heavy atom. The fraction of sp³-hybridized carbons (Fsp3) is 0.600. The van der Waals surface area contributed by atoms with Crippen molar-refractivity contribution in [1.29, 1.82) is 0 Å². The van der Waals surface area contributed by atoms with Crippen molar-refractivity contribution in [3.05, 3.63) is 29.3 Å². The first-order valence-electron chi connectivity index (χ1n) is 9.23. The molecule has 0 spiro atoms. The number of rotatable bonds is 2. The van der Waals surface area contributed by atoms with Crippen LogP contribution in [0.5, 0.6) is 0 Å². The van der Waals surface area contributed by atoms with Crippen molar-refractivity contribution in [2.75, 3.05) is 18.4 Å². The van der Waals surface area contributed by atoms with E-state index >= 15 is 0 Å². The van der Waals surface area contributed by atoms with Gasteiger partial charge in [0.15, 0.2) is 0 Å². The number of hydrogen-bond donors (Lipinski definition) is 1. The van der Waals surface area contributed by atoms with E-state index < -0.39 is 5.60 Å². The fourth-order valence-corrected chi connectivity index (χ4v) is 3.60. The third kappa shape index (κ3) is 4.33. The number of hydrogen-bond acceptors (Lipinski definition) is 3. The molecule has 136 valence electrons. The molecule has 0 saturated carbocycles. The lowest BCUT2D eigenvalue weighted by molar-refractivity contribution is -0.119. The molecule has 1 heterocycles. The quantitative estimate of drug-likeness (QED) is 0.889. The first-order chi connectivity index (χ1) is 11.8. The number of benzene rings is 1. The van der Waals surface area contributed by atoms with E-state index in [0.717, 1.165) is 18.5 Å². The Balaban J connectivity index is 1.61. The zero-order valence-corrected chi connectivity index (χ0v) is 15.4. The largest absolute Gasteiger partial charge is 0.444 e. The number of carbonyl (C=O) groups excluding carboxylic acids is 2. The minimum Gasteiger partial charge on any atom is -0.444 e. The average Bonchev–Trinajstić information content (AvgIpc) is 3.04. The van der Waals surface area contributed by atoms with Gasteiger partial charge in [-0.2, -0.15) is 0 Å². The van der Waals surface area contributed by atoms with Crippen molar-refractivity contribution in [1.82, 2.24) is 4.90 Å². The van der Waals surface area contributed by atoms with Gasteiger partial charge in [-0.3, -0.25) is 4.79 Å². The summed E-state index contributed by atoms with van der Waals surface area (Å²) in [5.41, 5.74) is 3.06. The zero-order valence-electron chi connectivity index (χ0n) is 15.4. The van der Waals surface area contributed by atoms with Crippen LogP contribution in [0.15, 0.2) is 18.2 Å². The standard InChI is InChI=1S/C20H28N2O3/c1-20(2,3)25-19(24)22-12-11-15(13-22)18(23)21-17-10-6-8-14-7-4-5-9-16(14)17/h6,8,10,15H,4-5,7,9,11-13H2,1-3H3,(H,21,23). The van der Waals surface area contributed by atoms with E-state index in [9.17, 15) is 9.59 Å². The predicted octanol–water partition coefficient (Wildman–Crippen LogP) is 3.76. The van der Waals surface area contributed by atoms with E-state index in [0.29, 0.717) is 19.5 Å². The molecule has 1 aliphatic carbocycles. The highest BCUT2D eigenvalue weighted by atomic mass is 16.6. The van der Waals surface area contributed by atoms with Crippen molar-refractivity contribution < 1.29 is 14.3 Å². The number of nitrogens with zero attached hydrogens (tertiary/aromatic N) is 1. The van der Waals surface area contributed by atoms with Gasteiger partial charge in [-0.1, -0.05) is 12.1 Å². The van der Waals surface area contributed by atoms with Gasteiger partial charge in [0.2, 0.25) is 5.91 Å². The number of likely N-dealkylation sites (tertiary alicyclic amines) is 1. The number of ether oxygens (including phenoxy) is 1. The second-order valence-corrected chi connectivity index (χ2v) is 8.05. The Morgan fingerprint density at radius 1 is 1.20 bits per heavy atom. The molecule has 3 rings (SSSR count). The predicted molar refractivity (Wildman–Crippen MR) is 97.6 cm³/mol. The highest BCUT2D eigenvalue weighted by Gasteiger charge is 2.33. The molecule has 2 amide bonds. The van der Waals surface area contributed by atoms with Gasteiger partial charge < -0.3 is 15.0 Å². The van der Waals surface area contributed by atoms with Crippen LogP contribution in [0.3, 0.4) is 0 Å². The van der Waals surface area contributed by atoms with Crippen LogP contribution in [0, 0.1) is 5.92 Å². The topological polar surface area (TPSA) is 58.6 Å². The Labute approximate surface area is 149 Å². The first-order valence-corrected chi connectivity index (χ1v) is 9.23. The second kappa shape index (κ2) is 7.06. The second-order valence-electron chi connectivity index (χ2n) is 8.05. The van der Waals surface area contributed by atoms with E-state index in [1.54, 1.807) is 4.90 Å². The SMILES string of the molecule is CC(C)(C)OC(=O)N1CCC(C(=O)Nc2cccc3c2CCCC3)C1. The molecule has 5 nitrogen and oxygen atoms in total. The number of nitrogens with one attached hydrogen (secondary N) is 1. The smallest absolute Gasteiger partial charge is 0.410 e. The van der Waals surface area contributed by atoms with Crippen molar-refractivity contribution in [2.45, 2.75) is 58.5 Å². The Morgan fingerprint density at radius 3 is 2.72 bits per heavy atom. The van der Waals surface area contributed by atoms with Crippen LogP contribution < -0.4 is 5.32 Å². The molecule has 1 aliphatic heterocycles. The molecule has 25 heavy (non-hydrogen) atoms. The number of carbonyl (C=O) groups is 2. The van der Waals surface area contributed by atoms with Gasteiger partial charge >= 0.3 is 6.09 Å². The molecule has 0 radical (unpaired) electrons. The van der Waals surface area contributed by atoms with Crippen LogP contribution in [-0.2, 0) is 22.4 Å². The number of aryl methyl sites for hydroxylation is 1. The zero-order chi connectivity index (χ0) is 18.0. The molecule has 1 N–H and O–H groups in total. The fourth-order valence-electron chi connectivity index (χ4n) is 3.60. The van der Waals surface area contributed by atoms with Crippen LogP contribution >= 0.6 is 0 Å². The van der Waals surface area contributed by atoms with E-state index in [2.05, 4.69) is 11.4 Å². The summed E-state index contributed by atoms with van der Waals surface area (Å²) < 4.78 is 5.40. The number of fused-ring (bicyclic) bond motifs is 1. The lowest BCUT2D eigenvalue weighted by Crippen LogP contribution is -2.36. The minimum atomic E-state index is -0.513. The number of amides is 2. The molecule has 1 saturated heterocycles. The monoisotopic (exact) mass is 344 g/mol. The molecule has 0 bridgehead atoms. The summed E-state index contributed by atoms with van der Waals surface area (Å²) in [6, 6.07) is 6.16. The van der Waals surface area contributed by atoms with Crippen LogP contribution in [0.25, 0.3) is 0 Å². The van der Waals surface area contributed by atoms with Crippen LogP contribution in [0.4, 0.5) is 10.5 Å². The molecular weight excluding hydrogens is 316 g/mol. The Bertz CT molecular complexity index is 663. The first kappa shape index (κ1) is 17.8. The summed E-state index contributed by atoms with van der Waals surface area (Å²) in [6.07, 6.45) is 4.86. The molecule has 1 aromatic rings. The summed E-state index contributed by atoms with van der Waals surface area (Å²) in [5.74, 6) is -0.169. The van der Waals surface area contributed by atoms with Crippen molar-refractivity contribution in [3.63, 3.8) is 0 Å². The van der Waals surface area contributed by atoms with Crippen LogP contribution in [0.2, 0.25) is 0 Å². The normalized spacial score (nSPS) is 20.1. The lowest BCUT2D eigenvalue weighted by Gasteiger charge is -2.24. The molecule has 0 aromatic heterocycles. The Kier molecular flexibility index (Phi) is 5.02. The van der Waals surface area contributed by atoms with Gasteiger partial charge in [-0.05, 0) is 70.1 Å². The molecule has 2 aliphatic rings. The third-order valence-electron chi connectivity index (χ3n) is 4.86. The van der Waals surface area contributed by atoms with Gasteiger partial charge in [-0.25, -0.2) is 4.79 Å². The van der Waals surface area contributed by atoms with Gasteiger partial charge in [-0.15, -0.1) is 0 Å². The molecule has 5 heteroatoms. The van der Waals surface area contributed by atoms with Crippen LogP contribution in [-0.4, -0.2) is 35.6 Å². The minimum absolute atomic E-state index is 0.00466. The van der Waals surface area contributed by atoms with Crippen molar-refractivity contribution in [2.24, 2.45) is 5.92 Å². The van der Waals surface area contributed by atoms with E-state index in [1.165, 1.54) is 24.0 Å². The van der Waals surface area contributed by atoms with E-state index in [4.69, 9.17) is 4.74 Å². The van der Waals surface area contributed by atoms with Gasteiger partial charge in [0.1, 0.15) is 5.60 Å². The molecule has 1 aromatic carbocycles. The molecular formula is C20H28N2O3. The van der Waals surface area contributed by atoms with E-state index in [1.807, 2.05) is 32.9 Å². The maximum absolute atomic E-state index is 12.7. The summed E-state index contributed by atoms with van der Waals surface area (Å²) in [5, 5.41) is 3.10. The Hall–Kier alpha value is -2.04. The van der Waals surface area contributed by atoms with Crippen molar-refractivity contribution in [3.8, 4) is 0 Å². The summed E-state index contributed by atoms with van der Waals surface area (Å²) in [6.45, 7) is 6.55. The van der Waals surface area contributed by atoms with E-state index in [-0.39, 0.29) is 17.9 Å². The lowest BCUT2D eigenvalue weighted by atomic mass is 9.90. The highest BCUT2D eigenvalue weighted by Crippen LogP contribution is 2.29. The van der Waals surface area contributed by atoms with Gasteiger partial charge in [0.05, 0.1) is 5.92 Å². The van der Waals surface area contributed by atoms with Crippen LogP contribution in [0.1, 0.15) is 51.2 Å². The molecule has 1 unspecified atom stereocenters.